The van der Waals surface area contributed by atoms with E-state index in [-0.39, 0.29) is 5.82 Å². The molecule has 0 aliphatic rings. The lowest BCUT2D eigenvalue weighted by molar-refractivity contribution is 0.414. The van der Waals surface area contributed by atoms with Crippen LogP contribution in [0.25, 0.3) is 11.3 Å². The van der Waals surface area contributed by atoms with E-state index in [1.165, 1.54) is 12.1 Å². The molecule has 0 amide bonds. The molecule has 0 saturated carbocycles. The highest BCUT2D eigenvalue weighted by Crippen LogP contribution is 2.30. The zero-order valence-corrected chi connectivity index (χ0v) is 11.8. The molecule has 20 heavy (non-hydrogen) atoms. The SMILES string of the molecule is CCCNCc1ccc(F)cc1-c1ncccc1OC. The number of aromatic nitrogens is 1. The zero-order chi connectivity index (χ0) is 14.4. The smallest absolute Gasteiger partial charge is 0.145 e. The highest BCUT2D eigenvalue weighted by molar-refractivity contribution is 5.69. The maximum absolute atomic E-state index is 13.6. The van der Waals surface area contributed by atoms with Gasteiger partial charge in [-0.2, -0.15) is 0 Å². The quantitative estimate of drug-likeness (QED) is 0.820. The summed E-state index contributed by atoms with van der Waals surface area (Å²) in [6.45, 7) is 3.72. The van der Waals surface area contributed by atoms with Crippen LogP contribution in [0.3, 0.4) is 0 Å². The number of nitrogens with zero attached hydrogens (tertiary/aromatic N) is 1. The van der Waals surface area contributed by atoms with Crippen LogP contribution in [0, 0.1) is 5.82 Å². The van der Waals surface area contributed by atoms with E-state index < -0.39 is 0 Å². The maximum Gasteiger partial charge on any atom is 0.145 e. The van der Waals surface area contributed by atoms with Crippen LogP contribution in [0.2, 0.25) is 0 Å². The molecule has 2 aromatic rings. The Morgan fingerprint density at radius 1 is 1.30 bits per heavy atom. The molecular weight excluding hydrogens is 255 g/mol. The van der Waals surface area contributed by atoms with E-state index in [0.29, 0.717) is 18.0 Å². The molecule has 3 nitrogen and oxygen atoms in total. The van der Waals surface area contributed by atoms with Gasteiger partial charge in [0.25, 0.3) is 0 Å². The van der Waals surface area contributed by atoms with Crippen molar-refractivity contribution in [2.45, 2.75) is 19.9 Å². The number of hydrogen-bond acceptors (Lipinski definition) is 3. The van der Waals surface area contributed by atoms with Gasteiger partial charge in [0, 0.05) is 18.3 Å². The summed E-state index contributed by atoms with van der Waals surface area (Å²) in [4.78, 5) is 4.33. The Kier molecular flexibility index (Phi) is 5.07. The molecule has 0 spiro atoms. The Hall–Kier alpha value is -1.94. The number of hydrogen-bond donors (Lipinski definition) is 1. The van der Waals surface area contributed by atoms with Crippen LogP contribution in [0.5, 0.6) is 5.75 Å². The maximum atomic E-state index is 13.6. The number of ether oxygens (including phenoxy) is 1. The number of pyridine rings is 1. The summed E-state index contributed by atoms with van der Waals surface area (Å²) in [6.07, 6.45) is 2.75. The predicted octanol–water partition coefficient (Wildman–Crippen LogP) is 3.40. The average Bonchev–Trinajstić information content (AvgIpc) is 2.49. The van der Waals surface area contributed by atoms with Crippen LogP contribution < -0.4 is 10.1 Å². The standard InChI is InChI=1S/C16H19FN2O/c1-3-8-18-11-12-6-7-13(17)10-14(12)16-15(20-2)5-4-9-19-16/h4-7,9-10,18H,3,8,11H2,1-2H3. The Morgan fingerprint density at radius 3 is 2.90 bits per heavy atom. The summed E-state index contributed by atoms with van der Waals surface area (Å²) in [6, 6.07) is 8.41. The van der Waals surface area contributed by atoms with Crippen LogP contribution >= 0.6 is 0 Å². The van der Waals surface area contributed by atoms with Crippen molar-refractivity contribution in [2.75, 3.05) is 13.7 Å². The molecule has 2 rings (SSSR count). The first-order chi connectivity index (χ1) is 9.76. The van der Waals surface area contributed by atoms with E-state index in [1.54, 1.807) is 25.4 Å². The van der Waals surface area contributed by atoms with Gasteiger partial charge in [0.15, 0.2) is 0 Å². The number of rotatable bonds is 6. The fourth-order valence-corrected chi connectivity index (χ4v) is 2.08. The van der Waals surface area contributed by atoms with E-state index in [4.69, 9.17) is 4.74 Å². The monoisotopic (exact) mass is 274 g/mol. The molecule has 0 bridgehead atoms. The van der Waals surface area contributed by atoms with E-state index in [0.717, 1.165) is 24.1 Å². The summed E-state index contributed by atoms with van der Waals surface area (Å²) in [7, 11) is 1.59. The van der Waals surface area contributed by atoms with Gasteiger partial charge in [0.1, 0.15) is 17.3 Å². The van der Waals surface area contributed by atoms with Crippen molar-refractivity contribution >= 4 is 0 Å². The Morgan fingerprint density at radius 2 is 2.15 bits per heavy atom. The molecule has 4 heteroatoms. The first-order valence-corrected chi connectivity index (χ1v) is 6.74. The molecule has 0 unspecified atom stereocenters. The molecule has 0 aliphatic carbocycles. The van der Waals surface area contributed by atoms with Crippen LogP contribution in [-0.2, 0) is 6.54 Å². The van der Waals surface area contributed by atoms with Crippen molar-refractivity contribution in [1.29, 1.82) is 0 Å². The number of halogens is 1. The predicted molar refractivity (Wildman–Crippen MR) is 78.2 cm³/mol. The van der Waals surface area contributed by atoms with Gasteiger partial charge in [-0.05, 0) is 42.8 Å². The molecule has 1 aromatic heterocycles. The third kappa shape index (κ3) is 3.33. The zero-order valence-electron chi connectivity index (χ0n) is 11.8. The van der Waals surface area contributed by atoms with Crippen LogP contribution in [0.1, 0.15) is 18.9 Å². The van der Waals surface area contributed by atoms with Gasteiger partial charge in [-0.15, -0.1) is 0 Å². The second-order valence-corrected chi connectivity index (χ2v) is 4.53. The summed E-state index contributed by atoms with van der Waals surface area (Å²) < 4.78 is 18.9. The van der Waals surface area contributed by atoms with Crippen molar-refractivity contribution < 1.29 is 9.13 Å². The molecule has 0 saturated heterocycles. The van der Waals surface area contributed by atoms with Crippen molar-refractivity contribution in [3.63, 3.8) is 0 Å². The van der Waals surface area contributed by atoms with Gasteiger partial charge < -0.3 is 10.1 Å². The lowest BCUT2D eigenvalue weighted by Crippen LogP contribution is -2.14. The second-order valence-electron chi connectivity index (χ2n) is 4.53. The summed E-state index contributed by atoms with van der Waals surface area (Å²) in [5.41, 5.74) is 2.45. The molecule has 0 radical (unpaired) electrons. The second kappa shape index (κ2) is 7.01. The fraction of sp³-hybridized carbons (Fsp3) is 0.312. The average molecular weight is 274 g/mol. The molecule has 1 aromatic carbocycles. The molecular formula is C16H19FN2O. The van der Waals surface area contributed by atoms with E-state index >= 15 is 0 Å². The summed E-state index contributed by atoms with van der Waals surface area (Å²) in [5.74, 6) is 0.377. The first kappa shape index (κ1) is 14.5. The van der Waals surface area contributed by atoms with Crippen LogP contribution in [-0.4, -0.2) is 18.6 Å². The van der Waals surface area contributed by atoms with Gasteiger partial charge in [0.05, 0.1) is 7.11 Å². The topological polar surface area (TPSA) is 34.2 Å². The molecule has 0 fully saturated rings. The van der Waals surface area contributed by atoms with Gasteiger partial charge in [-0.3, -0.25) is 4.98 Å². The molecule has 1 heterocycles. The first-order valence-electron chi connectivity index (χ1n) is 6.74. The lowest BCUT2D eigenvalue weighted by Gasteiger charge is -2.13. The highest BCUT2D eigenvalue weighted by Gasteiger charge is 2.12. The third-order valence-corrected chi connectivity index (χ3v) is 3.06. The van der Waals surface area contributed by atoms with Gasteiger partial charge in [0.2, 0.25) is 0 Å². The van der Waals surface area contributed by atoms with Crippen molar-refractivity contribution in [3.8, 4) is 17.0 Å². The number of methoxy groups -OCH3 is 1. The minimum absolute atomic E-state index is 0.271. The Balaban J connectivity index is 2.40. The van der Waals surface area contributed by atoms with E-state index in [2.05, 4.69) is 17.2 Å². The van der Waals surface area contributed by atoms with E-state index in [9.17, 15) is 4.39 Å². The minimum Gasteiger partial charge on any atom is -0.494 e. The van der Waals surface area contributed by atoms with Crippen molar-refractivity contribution in [2.24, 2.45) is 0 Å². The van der Waals surface area contributed by atoms with Crippen LogP contribution in [0.15, 0.2) is 36.5 Å². The fourth-order valence-electron chi connectivity index (χ4n) is 2.08. The van der Waals surface area contributed by atoms with Crippen molar-refractivity contribution in [3.05, 3.63) is 47.9 Å². The summed E-state index contributed by atoms with van der Waals surface area (Å²) in [5, 5.41) is 3.33. The number of benzene rings is 1. The van der Waals surface area contributed by atoms with Gasteiger partial charge in [-0.25, -0.2) is 4.39 Å². The van der Waals surface area contributed by atoms with Crippen molar-refractivity contribution in [1.82, 2.24) is 10.3 Å². The van der Waals surface area contributed by atoms with Crippen LogP contribution in [0.4, 0.5) is 4.39 Å². The third-order valence-electron chi connectivity index (χ3n) is 3.06. The molecule has 0 aliphatic heterocycles. The highest BCUT2D eigenvalue weighted by atomic mass is 19.1. The Labute approximate surface area is 118 Å². The lowest BCUT2D eigenvalue weighted by atomic mass is 10.0. The minimum atomic E-state index is -0.271. The Bertz CT molecular complexity index is 572. The van der Waals surface area contributed by atoms with Gasteiger partial charge in [-0.1, -0.05) is 13.0 Å². The molecule has 1 N–H and O–H groups in total. The summed E-state index contributed by atoms with van der Waals surface area (Å²) >= 11 is 0. The normalized spacial score (nSPS) is 10.6. The largest absolute Gasteiger partial charge is 0.494 e. The van der Waals surface area contributed by atoms with E-state index in [1.807, 2.05) is 6.07 Å². The van der Waals surface area contributed by atoms with Gasteiger partial charge >= 0.3 is 0 Å². The molecule has 106 valence electrons. The molecule has 0 atom stereocenters. The number of nitrogens with one attached hydrogen (secondary N) is 1.